The van der Waals surface area contributed by atoms with Crippen molar-refractivity contribution in [3.8, 4) is 0 Å². The summed E-state index contributed by atoms with van der Waals surface area (Å²) in [4.78, 5) is 49.8. The summed E-state index contributed by atoms with van der Waals surface area (Å²) in [6.07, 6.45) is -1.28. The zero-order valence-corrected chi connectivity index (χ0v) is 33.7. The Morgan fingerprint density at radius 1 is 0.583 bits per heavy atom. The number of non-ortho nitro benzene ring substituents is 2. The van der Waals surface area contributed by atoms with Crippen LogP contribution in [0.1, 0.15) is 13.8 Å². The molecular weight excluding hydrogens is 819 g/mol. The standard InChI is InChI=1S/C40H38Cl2N10O8/c1-3-49(31-13-9-29(10-14-31)45-47-37-19-17-33(51(55)56)25-35(37)41)21-23-59-39(53)43-27-5-7-28(8-6-27)44-40(54)60-24-22-50(4-2)32-15-11-30(12-16-32)46-48-38-20-18-34(52(57)58)26-36(38)42/h5-20,25-26H,3-4,21-24H2,1-2H3,(H,43,53)(H,44,54). The summed E-state index contributed by atoms with van der Waals surface area (Å²) in [5, 5.41) is 43.9. The molecule has 0 atom stereocenters. The van der Waals surface area contributed by atoms with Crippen molar-refractivity contribution in [1.29, 1.82) is 0 Å². The maximum atomic E-state index is 12.5. The van der Waals surface area contributed by atoms with E-state index in [1.165, 1.54) is 36.4 Å². The summed E-state index contributed by atoms with van der Waals surface area (Å²) in [6.45, 7) is 6.30. The number of anilines is 4. The summed E-state index contributed by atoms with van der Waals surface area (Å²) in [6, 6.07) is 28.8. The Labute approximate surface area is 353 Å². The lowest BCUT2D eigenvalue weighted by Gasteiger charge is -2.23. The molecule has 0 fully saturated rings. The van der Waals surface area contributed by atoms with Gasteiger partial charge < -0.3 is 19.3 Å². The van der Waals surface area contributed by atoms with Crippen LogP contribution in [0.2, 0.25) is 10.0 Å². The third kappa shape index (κ3) is 12.9. The first-order valence-corrected chi connectivity index (χ1v) is 19.1. The van der Waals surface area contributed by atoms with E-state index in [0.717, 1.165) is 11.4 Å². The molecule has 0 aliphatic heterocycles. The number of carbonyl (C=O) groups is 2. The van der Waals surface area contributed by atoms with Gasteiger partial charge in [-0.3, -0.25) is 30.9 Å². The molecule has 0 aromatic heterocycles. The highest BCUT2D eigenvalue weighted by molar-refractivity contribution is 6.33. The number of hydrogen-bond donors (Lipinski definition) is 2. The fraction of sp³-hybridized carbons (Fsp3) is 0.200. The number of rotatable bonds is 18. The van der Waals surface area contributed by atoms with Crippen LogP contribution in [0.25, 0.3) is 0 Å². The average Bonchev–Trinajstić information content (AvgIpc) is 3.24. The molecule has 20 heteroatoms. The molecule has 0 aliphatic rings. The SMILES string of the molecule is CCN(CCOC(=O)Nc1ccc(NC(=O)OCCN(CC)c2ccc(N=Nc3ccc([N+](=O)[O-])cc3Cl)cc2)cc1)c1ccc(N=Nc2ccc([N+](=O)[O-])cc2Cl)cc1. The highest BCUT2D eigenvalue weighted by Gasteiger charge is 2.13. The molecule has 5 aromatic rings. The first kappa shape index (κ1) is 43.9. The highest BCUT2D eigenvalue weighted by atomic mass is 35.5. The first-order valence-electron chi connectivity index (χ1n) is 18.3. The van der Waals surface area contributed by atoms with Crippen LogP contribution in [-0.4, -0.2) is 61.4 Å². The summed E-state index contributed by atoms with van der Waals surface area (Å²) < 4.78 is 10.8. The second-order valence-electron chi connectivity index (χ2n) is 12.5. The van der Waals surface area contributed by atoms with E-state index in [1.54, 1.807) is 48.5 Å². The Kier molecular flexibility index (Phi) is 15.8. The van der Waals surface area contributed by atoms with Crippen LogP contribution >= 0.6 is 23.2 Å². The molecule has 5 aromatic carbocycles. The Morgan fingerprint density at radius 3 is 1.27 bits per heavy atom. The predicted octanol–water partition coefficient (Wildman–Crippen LogP) is 11.8. The van der Waals surface area contributed by atoms with Crippen molar-refractivity contribution >= 4 is 92.3 Å². The fourth-order valence-electron chi connectivity index (χ4n) is 5.45. The average molecular weight is 858 g/mol. The fourth-order valence-corrected chi connectivity index (χ4v) is 5.87. The van der Waals surface area contributed by atoms with E-state index in [1.807, 2.05) is 47.9 Å². The molecule has 0 aliphatic carbocycles. The molecule has 2 amide bonds. The molecule has 0 radical (unpaired) electrons. The van der Waals surface area contributed by atoms with Crippen molar-refractivity contribution in [2.45, 2.75) is 13.8 Å². The number of ether oxygens (including phenoxy) is 2. The maximum Gasteiger partial charge on any atom is 0.411 e. The normalized spacial score (nSPS) is 11.0. The predicted molar refractivity (Wildman–Crippen MR) is 230 cm³/mol. The first-order chi connectivity index (χ1) is 28.9. The molecule has 0 bridgehead atoms. The molecule has 310 valence electrons. The highest BCUT2D eigenvalue weighted by Crippen LogP contribution is 2.32. The Morgan fingerprint density at radius 2 is 0.950 bits per heavy atom. The maximum absolute atomic E-state index is 12.5. The minimum absolute atomic E-state index is 0.111. The van der Waals surface area contributed by atoms with E-state index in [4.69, 9.17) is 32.7 Å². The van der Waals surface area contributed by atoms with Gasteiger partial charge in [0.1, 0.15) is 24.6 Å². The number of nitrogens with zero attached hydrogens (tertiary/aromatic N) is 8. The topological polar surface area (TPSA) is 219 Å². The quantitative estimate of drug-likeness (QED) is 0.0482. The van der Waals surface area contributed by atoms with Gasteiger partial charge in [-0.15, -0.1) is 10.2 Å². The molecule has 5 rings (SSSR count). The van der Waals surface area contributed by atoms with Crippen molar-refractivity contribution in [1.82, 2.24) is 0 Å². The zero-order chi connectivity index (χ0) is 43.0. The van der Waals surface area contributed by atoms with E-state index < -0.39 is 22.0 Å². The number of likely N-dealkylation sites (N-methyl/N-ethyl adjacent to an activating group) is 2. The van der Waals surface area contributed by atoms with Crippen LogP contribution in [0.4, 0.5) is 66.5 Å². The van der Waals surface area contributed by atoms with Gasteiger partial charge in [0.15, 0.2) is 0 Å². The van der Waals surface area contributed by atoms with Crippen molar-refractivity contribution in [3.63, 3.8) is 0 Å². The van der Waals surface area contributed by atoms with Gasteiger partial charge in [-0.05, 0) is 98.8 Å². The van der Waals surface area contributed by atoms with Gasteiger partial charge in [-0.25, -0.2) is 9.59 Å². The summed E-state index contributed by atoms with van der Waals surface area (Å²) >= 11 is 12.2. The number of carbonyl (C=O) groups excluding carboxylic acids is 2. The van der Waals surface area contributed by atoms with Crippen LogP contribution in [0.15, 0.2) is 130 Å². The van der Waals surface area contributed by atoms with Gasteiger partial charge in [0.05, 0.1) is 44.4 Å². The largest absolute Gasteiger partial charge is 0.447 e. The molecule has 2 N–H and O–H groups in total. The number of azo groups is 2. The monoisotopic (exact) mass is 856 g/mol. The van der Waals surface area contributed by atoms with E-state index in [2.05, 4.69) is 31.1 Å². The third-order valence-electron chi connectivity index (χ3n) is 8.59. The van der Waals surface area contributed by atoms with Gasteiger partial charge in [-0.2, -0.15) is 10.2 Å². The second-order valence-corrected chi connectivity index (χ2v) is 13.3. The van der Waals surface area contributed by atoms with Gasteiger partial charge in [0.2, 0.25) is 0 Å². The Bertz CT molecular complexity index is 2180. The van der Waals surface area contributed by atoms with E-state index >= 15 is 0 Å². The number of hydrogen-bond acceptors (Lipinski definition) is 14. The lowest BCUT2D eigenvalue weighted by Crippen LogP contribution is -2.29. The van der Waals surface area contributed by atoms with Crippen LogP contribution in [0.3, 0.4) is 0 Å². The molecule has 18 nitrogen and oxygen atoms in total. The molecule has 0 spiro atoms. The summed E-state index contributed by atoms with van der Waals surface area (Å²) in [5.41, 5.74) is 4.11. The summed E-state index contributed by atoms with van der Waals surface area (Å²) in [7, 11) is 0. The van der Waals surface area contributed by atoms with Crippen molar-refractivity contribution in [2.75, 3.05) is 59.8 Å². The number of nitro groups is 2. The van der Waals surface area contributed by atoms with E-state index in [0.29, 0.717) is 60.3 Å². The Hall–Kier alpha value is -7.18. The second kappa shape index (κ2) is 21.5. The van der Waals surface area contributed by atoms with Crippen LogP contribution < -0.4 is 20.4 Å². The lowest BCUT2D eigenvalue weighted by atomic mass is 10.2. The van der Waals surface area contributed by atoms with Gasteiger partial charge in [0.25, 0.3) is 11.4 Å². The molecule has 0 saturated heterocycles. The molecule has 0 saturated carbocycles. The van der Waals surface area contributed by atoms with Crippen LogP contribution in [0.5, 0.6) is 0 Å². The van der Waals surface area contributed by atoms with Crippen LogP contribution in [0, 0.1) is 20.2 Å². The lowest BCUT2D eigenvalue weighted by molar-refractivity contribution is -0.385. The number of nitro benzene ring substituents is 2. The number of amides is 2. The van der Waals surface area contributed by atoms with E-state index in [-0.39, 0.29) is 34.6 Å². The smallest absolute Gasteiger partial charge is 0.411 e. The van der Waals surface area contributed by atoms with Crippen molar-refractivity contribution in [3.05, 3.63) is 139 Å². The number of nitrogens with one attached hydrogen (secondary N) is 2. The van der Waals surface area contributed by atoms with E-state index in [9.17, 15) is 29.8 Å². The van der Waals surface area contributed by atoms with Gasteiger partial charge in [0, 0.05) is 60.1 Å². The number of halogens is 2. The Balaban J connectivity index is 1.00. The molecule has 0 unspecified atom stereocenters. The number of benzene rings is 5. The van der Waals surface area contributed by atoms with Crippen LogP contribution in [-0.2, 0) is 9.47 Å². The minimum atomic E-state index is -0.640. The zero-order valence-electron chi connectivity index (χ0n) is 32.2. The minimum Gasteiger partial charge on any atom is -0.447 e. The van der Waals surface area contributed by atoms with Crippen molar-refractivity contribution in [2.24, 2.45) is 20.5 Å². The van der Waals surface area contributed by atoms with Gasteiger partial charge in [-0.1, -0.05) is 23.2 Å². The molecule has 0 heterocycles. The third-order valence-corrected chi connectivity index (χ3v) is 9.20. The molecular formula is C40H38Cl2N10O8. The van der Waals surface area contributed by atoms with Gasteiger partial charge >= 0.3 is 12.2 Å². The molecule has 60 heavy (non-hydrogen) atoms. The van der Waals surface area contributed by atoms with Crippen molar-refractivity contribution < 1.29 is 28.9 Å². The summed E-state index contributed by atoms with van der Waals surface area (Å²) in [5.74, 6) is 0.